The van der Waals surface area contributed by atoms with E-state index in [2.05, 4.69) is 15.0 Å². The van der Waals surface area contributed by atoms with Gasteiger partial charge in [-0.2, -0.15) is 0 Å². The molecule has 5 nitrogen and oxygen atoms in total. The van der Waals surface area contributed by atoms with Crippen molar-refractivity contribution < 1.29 is 4.42 Å². The molecular formula is C17H16N4O. The van der Waals surface area contributed by atoms with Gasteiger partial charge in [-0.1, -0.05) is 0 Å². The fourth-order valence-corrected chi connectivity index (χ4v) is 3.17. The Kier molecular flexibility index (Phi) is 2.85. The van der Waals surface area contributed by atoms with Crippen LogP contribution in [0.2, 0.25) is 0 Å². The van der Waals surface area contributed by atoms with Gasteiger partial charge in [0.15, 0.2) is 0 Å². The summed E-state index contributed by atoms with van der Waals surface area (Å²) in [5.74, 6) is 1.28. The van der Waals surface area contributed by atoms with Crippen LogP contribution in [0.4, 0.5) is 5.82 Å². The smallest absolute Gasteiger partial charge is 0.135 e. The highest BCUT2D eigenvalue weighted by Gasteiger charge is 2.26. The van der Waals surface area contributed by atoms with Crippen LogP contribution in [0.15, 0.2) is 40.2 Å². The van der Waals surface area contributed by atoms with E-state index in [9.17, 15) is 0 Å². The molecule has 3 aromatic rings. The van der Waals surface area contributed by atoms with Crippen molar-refractivity contribution in [3.63, 3.8) is 0 Å². The van der Waals surface area contributed by atoms with Crippen LogP contribution in [-0.2, 0) is 12.8 Å². The summed E-state index contributed by atoms with van der Waals surface area (Å²) in [5, 5.41) is 0. The average molecular weight is 292 g/mol. The molecule has 0 aromatic carbocycles. The van der Waals surface area contributed by atoms with Crippen LogP contribution >= 0.6 is 0 Å². The molecule has 0 unspecified atom stereocenters. The highest BCUT2D eigenvalue weighted by molar-refractivity contribution is 5.98. The number of anilines is 1. The van der Waals surface area contributed by atoms with Crippen LogP contribution in [0, 0.1) is 0 Å². The van der Waals surface area contributed by atoms with Gasteiger partial charge >= 0.3 is 0 Å². The number of hydrogen-bond acceptors (Lipinski definition) is 4. The zero-order chi connectivity index (χ0) is 15.1. The monoisotopic (exact) mass is 292 g/mol. The van der Waals surface area contributed by atoms with Gasteiger partial charge in [0.1, 0.15) is 11.6 Å². The van der Waals surface area contributed by atoms with E-state index in [1.165, 1.54) is 11.1 Å². The Labute approximate surface area is 127 Å². The van der Waals surface area contributed by atoms with Crippen molar-refractivity contribution >= 4 is 12.0 Å². The molecule has 22 heavy (non-hydrogen) atoms. The fourth-order valence-electron chi connectivity index (χ4n) is 3.17. The van der Waals surface area contributed by atoms with E-state index < -0.39 is 0 Å². The molecule has 0 spiro atoms. The number of hydrogen-bond donors (Lipinski definition) is 2. The number of rotatable bonds is 2. The first kappa shape index (κ1) is 12.9. The van der Waals surface area contributed by atoms with E-state index in [4.69, 9.17) is 10.2 Å². The van der Waals surface area contributed by atoms with Crippen molar-refractivity contribution in [1.82, 2.24) is 9.97 Å². The summed E-state index contributed by atoms with van der Waals surface area (Å²) < 4.78 is 5.64. The third kappa shape index (κ3) is 1.79. The van der Waals surface area contributed by atoms with Gasteiger partial charge in [0.2, 0.25) is 0 Å². The van der Waals surface area contributed by atoms with Gasteiger partial charge in [-0.15, -0.1) is 0 Å². The number of nitrogens with two attached hydrogens (primary N) is 1. The number of nitrogens with one attached hydrogen (secondary N) is 1. The molecule has 0 amide bonds. The predicted molar refractivity (Wildman–Crippen MR) is 87.1 cm³/mol. The first-order valence-electron chi connectivity index (χ1n) is 7.24. The molecule has 3 heterocycles. The van der Waals surface area contributed by atoms with Crippen LogP contribution in [0.3, 0.4) is 0 Å². The Balaban J connectivity index is 2.07. The molecule has 1 aliphatic carbocycles. The normalized spacial score (nSPS) is 13.3. The lowest BCUT2D eigenvalue weighted by Crippen LogP contribution is -2.11. The maximum absolute atomic E-state index is 6.21. The van der Waals surface area contributed by atoms with Gasteiger partial charge in [-0.25, -0.2) is 4.98 Å². The van der Waals surface area contributed by atoms with E-state index in [1.54, 1.807) is 19.5 Å². The summed E-state index contributed by atoms with van der Waals surface area (Å²) in [6, 6.07) is 3.84. The number of aliphatic imine (C=N–C) groups is 1. The van der Waals surface area contributed by atoms with Crippen molar-refractivity contribution in [2.45, 2.75) is 12.8 Å². The lowest BCUT2D eigenvalue weighted by molar-refractivity contribution is 0.581. The lowest BCUT2D eigenvalue weighted by Gasteiger charge is -2.21. The number of aryl methyl sites for hydroxylation is 1. The summed E-state index contributed by atoms with van der Waals surface area (Å²) in [6.07, 6.45) is 9.34. The standard InChI is InChI=1S/C17H16N4O/c1-19-8-13-15(14-3-2-6-22-14)11-5-4-10-7-20-9-12(10)16(11)21-17(13)18/h2-3,6-9,20H,4-5H2,1H3,(H2,18,21). The second-order valence-electron chi connectivity index (χ2n) is 5.37. The number of H-pyrrole nitrogens is 1. The zero-order valence-electron chi connectivity index (χ0n) is 12.3. The summed E-state index contributed by atoms with van der Waals surface area (Å²) in [4.78, 5) is 11.9. The average Bonchev–Trinajstić information content (AvgIpc) is 3.19. The van der Waals surface area contributed by atoms with Crippen LogP contribution in [0.25, 0.3) is 22.6 Å². The highest BCUT2D eigenvalue weighted by atomic mass is 16.3. The van der Waals surface area contributed by atoms with Crippen molar-refractivity contribution in [1.29, 1.82) is 0 Å². The molecule has 4 rings (SSSR count). The van der Waals surface area contributed by atoms with Crippen molar-refractivity contribution in [3.05, 3.63) is 47.5 Å². The van der Waals surface area contributed by atoms with Gasteiger partial charge in [-0.05, 0) is 36.1 Å². The summed E-state index contributed by atoms with van der Waals surface area (Å²) >= 11 is 0. The minimum Gasteiger partial charge on any atom is -0.464 e. The Morgan fingerprint density at radius 1 is 1.36 bits per heavy atom. The largest absolute Gasteiger partial charge is 0.464 e. The fraction of sp³-hybridized carbons (Fsp3) is 0.176. The van der Waals surface area contributed by atoms with Crippen LogP contribution in [0.1, 0.15) is 16.7 Å². The van der Waals surface area contributed by atoms with Crippen LogP contribution < -0.4 is 5.73 Å². The summed E-state index contributed by atoms with van der Waals surface area (Å²) in [5.41, 5.74) is 12.6. The molecule has 0 radical (unpaired) electrons. The molecular weight excluding hydrogens is 276 g/mol. The van der Waals surface area contributed by atoms with Gasteiger partial charge < -0.3 is 15.1 Å². The van der Waals surface area contributed by atoms with Crippen molar-refractivity contribution in [2.75, 3.05) is 12.8 Å². The number of nitrogen functional groups attached to an aromatic ring is 1. The molecule has 0 bridgehead atoms. The number of fused-ring (bicyclic) bond motifs is 3. The molecule has 110 valence electrons. The van der Waals surface area contributed by atoms with E-state index in [0.29, 0.717) is 5.82 Å². The summed E-state index contributed by atoms with van der Waals surface area (Å²) in [7, 11) is 1.73. The number of pyridine rings is 1. The minimum absolute atomic E-state index is 0.477. The molecule has 0 saturated carbocycles. The summed E-state index contributed by atoms with van der Waals surface area (Å²) in [6.45, 7) is 0. The van der Waals surface area contributed by atoms with Gasteiger partial charge in [0.05, 0.1) is 12.0 Å². The van der Waals surface area contributed by atoms with Gasteiger partial charge in [0, 0.05) is 42.3 Å². The Morgan fingerprint density at radius 3 is 3.05 bits per heavy atom. The quantitative estimate of drug-likeness (QED) is 0.712. The lowest BCUT2D eigenvalue weighted by atomic mass is 9.86. The number of aromatic nitrogens is 2. The third-order valence-electron chi connectivity index (χ3n) is 4.12. The van der Waals surface area contributed by atoms with E-state index in [0.717, 1.165) is 41.0 Å². The maximum Gasteiger partial charge on any atom is 0.135 e. The minimum atomic E-state index is 0.477. The van der Waals surface area contributed by atoms with E-state index in [-0.39, 0.29) is 0 Å². The first-order chi connectivity index (χ1) is 10.8. The van der Waals surface area contributed by atoms with Crippen molar-refractivity contribution in [3.8, 4) is 22.6 Å². The van der Waals surface area contributed by atoms with E-state index >= 15 is 0 Å². The molecule has 0 saturated heterocycles. The Bertz CT molecular complexity index is 859. The van der Waals surface area contributed by atoms with Crippen molar-refractivity contribution in [2.24, 2.45) is 4.99 Å². The highest BCUT2D eigenvalue weighted by Crippen LogP contribution is 2.40. The number of nitrogens with zero attached hydrogens (tertiary/aromatic N) is 2. The second-order valence-corrected chi connectivity index (χ2v) is 5.37. The van der Waals surface area contributed by atoms with E-state index in [1.807, 2.05) is 24.5 Å². The SMILES string of the molecule is CN=Cc1c(N)nc2c(c1-c1ccco1)CCc1c[nH]cc1-2. The zero-order valence-corrected chi connectivity index (χ0v) is 12.3. The molecule has 5 heteroatoms. The maximum atomic E-state index is 6.21. The first-order valence-corrected chi connectivity index (χ1v) is 7.24. The number of aromatic amines is 1. The molecule has 0 fully saturated rings. The van der Waals surface area contributed by atoms with Gasteiger partial charge in [0.25, 0.3) is 0 Å². The van der Waals surface area contributed by atoms with Crippen LogP contribution in [0.5, 0.6) is 0 Å². The topological polar surface area (TPSA) is 80.2 Å². The molecule has 3 N–H and O–H groups in total. The Hall–Kier alpha value is -2.82. The van der Waals surface area contributed by atoms with Gasteiger partial charge in [-0.3, -0.25) is 4.99 Å². The number of furan rings is 1. The molecule has 1 aliphatic rings. The predicted octanol–water partition coefficient (Wildman–Crippen LogP) is 3.07. The molecule has 0 aliphatic heterocycles. The van der Waals surface area contributed by atoms with Crippen LogP contribution in [-0.4, -0.2) is 23.2 Å². The third-order valence-corrected chi connectivity index (χ3v) is 4.12. The Morgan fingerprint density at radius 2 is 2.27 bits per heavy atom. The molecule has 3 aromatic heterocycles. The second kappa shape index (κ2) is 4.87. The molecule has 0 atom stereocenters.